The second-order valence-electron chi connectivity index (χ2n) is 2.93. The lowest BCUT2D eigenvalue weighted by Crippen LogP contribution is -2.29. The van der Waals surface area contributed by atoms with Crippen LogP contribution in [0.1, 0.15) is 20.3 Å². The molecule has 5 nitrogen and oxygen atoms in total. The van der Waals surface area contributed by atoms with Gasteiger partial charge in [-0.05, 0) is 13.8 Å². The van der Waals surface area contributed by atoms with Crippen LogP contribution in [0.4, 0.5) is 0 Å². The quantitative estimate of drug-likeness (QED) is 0.431. The van der Waals surface area contributed by atoms with Crippen LogP contribution in [0.5, 0.6) is 0 Å². The van der Waals surface area contributed by atoms with Gasteiger partial charge in [0.2, 0.25) is 5.91 Å². The number of esters is 1. The molecule has 13 heavy (non-hydrogen) atoms. The zero-order chi connectivity index (χ0) is 10.3. The van der Waals surface area contributed by atoms with Gasteiger partial charge in [-0.25, -0.2) is 0 Å². The third kappa shape index (κ3) is 8.81. The van der Waals surface area contributed by atoms with Crippen molar-refractivity contribution in [1.29, 1.82) is 0 Å². The van der Waals surface area contributed by atoms with E-state index in [-0.39, 0.29) is 30.9 Å². The van der Waals surface area contributed by atoms with Gasteiger partial charge in [-0.1, -0.05) is 0 Å². The number of rotatable bonds is 6. The van der Waals surface area contributed by atoms with Gasteiger partial charge in [0.25, 0.3) is 0 Å². The van der Waals surface area contributed by atoms with E-state index in [2.05, 4.69) is 5.32 Å². The van der Waals surface area contributed by atoms with E-state index in [9.17, 15) is 9.59 Å². The van der Waals surface area contributed by atoms with Crippen LogP contribution in [-0.4, -0.2) is 31.1 Å². The van der Waals surface area contributed by atoms with Gasteiger partial charge in [-0.3, -0.25) is 9.59 Å². The Labute approximate surface area is 77.6 Å². The zero-order valence-electron chi connectivity index (χ0n) is 8.00. The Morgan fingerprint density at radius 2 is 2.08 bits per heavy atom. The molecule has 0 aromatic rings. The molecule has 0 heterocycles. The van der Waals surface area contributed by atoms with Crippen LogP contribution < -0.4 is 11.1 Å². The average Bonchev–Trinajstić information content (AvgIpc) is 1.96. The molecule has 0 aliphatic rings. The van der Waals surface area contributed by atoms with Crippen molar-refractivity contribution in [1.82, 2.24) is 5.32 Å². The monoisotopic (exact) mass is 188 g/mol. The largest absolute Gasteiger partial charge is 0.462 e. The molecule has 5 heteroatoms. The van der Waals surface area contributed by atoms with E-state index in [1.54, 1.807) is 13.8 Å². The highest BCUT2D eigenvalue weighted by Gasteiger charge is 2.04. The predicted molar refractivity (Wildman–Crippen MR) is 47.9 cm³/mol. The van der Waals surface area contributed by atoms with Gasteiger partial charge in [-0.15, -0.1) is 0 Å². The first-order chi connectivity index (χ1) is 6.02. The summed E-state index contributed by atoms with van der Waals surface area (Å²) in [7, 11) is 0. The van der Waals surface area contributed by atoms with Crippen LogP contribution in [0.2, 0.25) is 0 Å². The van der Waals surface area contributed by atoms with Gasteiger partial charge in [-0.2, -0.15) is 0 Å². The lowest BCUT2D eigenvalue weighted by molar-refractivity contribution is -0.146. The smallest absolute Gasteiger partial charge is 0.320 e. The highest BCUT2D eigenvalue weighted by Crippen LogP contribution is 1.87. The molecule has 0 saturated heterocycles. The second-order valence-corrected chi connectivity index (χ2v) is 2.93. The van der Waals surface area contributed by atoms with E-state index < -0.39 is 0 Å². The third-order valence-corrected chi connectivity index (χ3v) is 1.18. The normalized spacial score (nSPS) is 10.1. The van der Waals surface area contributed by atoms with Crippen molar-refractivity contribution in [2.75, 3.05) is 13.1 Å². The molecule has 0 atom stereocenters. The minimum Gasteiger partial charge on any atom is -0.462 e. The van der Waals surface area contributed by atoms with E-state index in [0.29, 0.717) is 6.54 Å². The van der Waals surface area contributed by atoms with Crippen molar-refractivity contribution in [2.24, 2.45) is 5.73 Å². The topological polar surface area (TPSA) is 81.4 Å². The summed E-state index contributed by atoms with van der Waals surface area (Å²) < 4.78 is 4.84. The van der Waals surface area contributed by atoms with Crippen LogP contribution in [0.15, 0.2) is 0 Å². The number of ether oxygens (including phenoxy) is 1. The molecular formula is C8H16N2O3. The zero-order valence-corrected chi connectivity index (χ0v) is 8.00. The molecule has 0 spiro atoms. The maximum absolute atomic E-state index is 10.9. The Morgan fingerprint density at radius 1 is 1.46 bits per heavy atom. The molecule has 0 unspecified atom stereocenters. The fourth-order valence-electron chi connectivity index (χ4n) is 0.707. The summed E-state index contributed by atoms with van der Waals surface area (Å²) in [5.41, 5.74) is 4.89. The SMILES string of the molecule is CC(C)OC(=O)CNCCC(N)=O. The molecule has 76 valence electrons. The molecule has 0 rings (SSSR count). The maximum Gasteiger partial charge on any atom is 0.320 e. The van der Waals surface area contributed by atoms with Crippen LogP contribution in [-0.2, 0) is 14.3 Å². The fourth-order valence-corrected chi connectivity index (χ4v) is 0.707. The van der Waals surface area contributed by atoms with E-state index in [0.717, 1.165) is 0 Å². The molecule has 0 radical (unpaired) electrons. The first kappa shape index (κ1) is 11.9. The summed E-state index contributed by atoms with van der Waals surface area (Å²) in [6.45, 7) is 4.08. The van der Waals surface area contributed by atoms with Gasteiger partial charge < -0.3 is 15.8 Å². The number of amides is 1. The average molecular weight is 188 g/mol. The van der Waals surface area contributed by atoms with E-state index >= 15 is 0 Å². The number of carbonyl (C=O) groups is 2. The summed E-state index contributed by atoms with van der Waals surface area (Å²) in [5.74, 6) is -0.704. The summed E-state index contributed by atoms with van der Waals surface area (Å²) in [6.07, 6.45) is 0.125. The summed E-state index contributed by atoms with van der Waals surface area (Å²) in [6, 6.07) is 0. The fraction of sp³-hybridized carbons (Fsp3) is 0.750. The summed E-state index contributed by atoms with van der Waals surface area (Å²) in [4.78, 5) is 21.2. The molecular weight excluding hydrogens is 172 g/mol. The number of carbonyl (C=O) groups excluding carboxylic acids is 2. The Morgan fingerprint density at radius 3 is 2.54 bits per heavy atom. The van der Waals surface area contributed by atoms with Gasteiger partial charge in [0.1, 0.15) is 0 Å². The number of hydrogen-bond donors (Lipinski definition) is 2. The van der Waals surface area contributed by atoms with Crippen molar-refractivity contribution in [3.05, 3.63) is 0 Å². The van der Waals surface area contributed by atoms with Crippen LogP contribution in [0.25, 0.3) is 0 Å². The molecule has 3 N–H and O–H groups in total. The molecule has 0 saturated carbocycles. The summed E-state index contributed by atoms with van der Waals surface area (Å²) in [5, 5.41) is 2.75. The molecule has 0 aromatic carbocycles. The Bertz CT molecular complexity index is 180. The molecule has 1 amide bonds. The molecule has 0 fully saturated rings. The van der Waals surface area contributed by atoms with Gasteiger partial charge in [0, 0.05) is 13.0 Å². The minimum atomic E-state index is -0.385. The minimum absolute atomic E-state index is 0.106. The maximum atomic E-state index is 10.9. The van der Waals surface area contributed by atoms with Crippen LogP contribution >= 0.6 is 0 Å². The number of nitrogens with two attached hydrogens (primary N) is 1. The first-order valence-corrected chi connectivity index (χ1v) is 4.21. The number of primary amides is 1. The van der Waals surface area contributed by atoms with Gasteiger partial charge in [0.15, 0.2) is 0 Å². The standard InChI is InChI=1S/C8H16N2O3/c1-6(2)13-8(12)5-10-4-3-7(9)11/h6,10H,3-5H2,1-2H3,(H2,9,11). The number of hydrogen-bond acceptors (Lipinski definition) is 4. The van der Waals surface area contributed by atoms with Crippen LogP contribution in [0.3, 0.4) is 0 Å². The number of nitrogens with one attached hydrogen (secondary N) is 1. The third-order valence-electron chi connectivity index (χ3n) is 1.18. The molecule has 0 aliphatic heterocycles. The molecule has 0 aromatic heterocycles. The lowest BCUT2D eigenvalue weighted by atomic mass is 10.4. The van der Waals surface area contributed by atoms with E-state index in [4.69, 9.17) is 10.5 Å². The Hall–Kier alpha value is -1.10. The second kappa shape index (κ2) is 6.42. The Kier molecular flexibility index (Phi) is 5.88. The van der Waals surface area contributed by atoms with Gasteiger partial charge >= 0.3 is 5.97 Å². The van der Waals surface area contributed by atoms with Crippen molar-refractivity contribution in [3.63, 3.8) is 0 Å². The highest BCUT2D eigenvalue weighted by atomic mass is 16.5. The van der Waals surface area contributed by atoms with Gasteiger partial charge in [0.05, 0.1) is 12.6 Å². The van der Waals surface area contributed by atoms with Crippen LogP contribution in [0, 0.1) is 0 Å². The molecule has 0 bridgehead atoms. The molecule has 0 aliphatic carbocycles. The Balaban J connectivity index is 3.32. The summed E-state index contributed by atoms with van der Waals surface area (Å²) >= 11 is 0. The van der Waals surface area contributed by atoms with E-state index in [1.807, 2.05) is 0 Å². The van der Waals surface area contributed by atoms with Crippen molar-refractivity contribution in [2.45, 2.75) is 26.4 Å². The van der Waals surface area contributed by atoms with E-state index in [1.165, 1.54) is 0 Å². The van der Waals surface area contributed by atoms with Crippen molar-refractivity contribution >= 4 is 11.9 Å². The highest BCUT2D eigenvalue weighted by molar-refractivity contribution is 5.74. The van der Waals surface area contributed by atoms with Crippen molar-refractivity contribution in [3.8, 4) is 0 Å². The lowest BCUT2D eigenvalue weighted by Gasteiger charge is -2.07. The van der Waals surface area contributed by atoms with Crippen molar-refractivity contribution < 1.29 is 14.3 Å². The first-order valence-electron chi connectivity index (χ1n) is 4.21. The predicted octanol–water partition coefficient (Wildman–Crippen LogP) is -0.597.